The predicted octanol–water partition coefficient (Wildman–Crippen LogP) is 4.75. The minimum atomic E-state index is 0.132. The van der Waals surface area contributed by atoms with E-state index in [9.17, 15) is 4.79 Å². The highest BCUT2D eigenvalue weighted by Gasteiger charge is 2.15. The average molecular weight is 398 g/mol. The van der Waals surface area contributed by atoms with Crippen LogP contribution in [0.1, 0.15) is 27.9 Å². The molecule has 27 heavy (non-hydrogen) atoms. The van der Waals surface area contributed by atoms with E-state index in [1.165, 1.54) is 40.6 Å². The largest absolute Gasteiger partial charge is 0.497 e. The van der Waals surface area contributed by atoms with Crippen molar-refractivity contribution in [3.63, 3.8) is 0 Å². The number of anilines is 2. The maximum absolute atomic E-state index is 12.5. The summed E-state index contributed by atoms with van der Waals surface area (Å²) in [4.78, 5) is 12.5. The average Bonchev–Trinajstić information content (AvgIpc) is 3.34. The van der Waals surface area contributed by atoms with Crippen molar-refractivity contribution in [2.45, 2.75) is 23.6 Å². The molecule has 0 amide bonds. The van der Waals surface area contributed by atoms with E-state index in [1.54, 1.807) is 7.11 Å². The van der Waals surface area contributed by atoms with Crippen LogP contribution in [0.15, 0.2) is 46.8 Å². The van der Waals surface area contributed by atoms with Crippen LogP contribution < -0.4 is 10.1 Å². The molecule has 7 heteroatoms. The van der Waals surface area contributed by atoms with Gasteiger partial charge in [-0.3, -0.25) is 4.79 Å². The van der Waals surface area contributed by atoms with Gasteiger partial charge in [0.05, 0.1) is 12.9 Å². The summed E-state index contributed by atoms with van der Waals surface area (Å²) >= 11 is 2.86. The summed E-state index contributed by atoms with van der Waals surface area (Å²) in [6.07, 6.45) is 3.40. The first-order valence-corrected chi connectivity index (χ1v) is 10.5. The first-order chi connectivity index (χ1) is 13.2. The highest BCUT2D eigenvalue weighted by molar-refractivity contribution is 8.01. The Morgan fingerprint density at radius 1 is 1.19 bits per heavy atom. The van der Waals surface area contributed by atoms with Crippen LogP contribution in [0.3, 0.4) is 0 Å². The Kier molecular flexibility index (Phi) is 5.40. The number of hydrogen-bond acceptors (Lipinski definition) is 7. The number of methoxy groups -OCH3 is 1. The molecule has 0 saturated carbocycles. The van der Waals surface area contributed by atoms with Gasteiger partial charge in [0.2, 0.25) is 5.13 Å². The zero-order chi connectivity index (χ0) is 18.6. The third-order valence-electron chi connectivity index (χ3n) is 4.47. The summed E-state index contributed by atoms with van der Waals surface area (Å²) < 4.78 is 5.99. The summed E-state index contributed by atoms with van der Waals surface area (Å²) in [6, 6.07) is 13.7. The minimum absolute atomic E-state index is 0.132. The lowest BCUT2D eigenvalue weighted by Gasteiger charge is -2.04. The Hall–Kier alpha value is -2.38. The van der Waals surface area contributed by atoms with Crippen molar-refractivity contribution >= 4 is 39.7 Å². The number of aromatic nitrogens is 2. The molecule has 5 nitrogen and oxygen atoms in total. The number of fused-ring (bicyclic) bond motifs is 1. The third kappa shape index (κ3) is 4.31. The fourth-order valence-corrected chi connectivity index (χ4v) is 4.77. The number of nitrogens with zero attached hydrogens (tertiary/aromatic N) is 2. The number of nitrogens with one attached hydrogen (secondary N) is 1. The van der Waals surface area contributed by atoms with Crippen LogP contribution in [-0.2, 0) is 12.8 Å². The molecule has 3 aromatic rings. The smallest absolute Gasteiger partial charge is 0.210 e. The molecule has 1 aromatic heterocycles. The van der Waals surface area contributed by atoms with E-state index in [2.05, 4.69) is 27.6 Å². The highest BCUT2D eigenvalue weighted by atomic mass is 32.2. The van der Waals surface area contributed by atoms with Crippen LogP contribution >= 0.6 is 23.1 Å². The molecule has 1 heterocycles. The molecule has 138 valence electrons. The Balaban J connectivity index is 1.36. The number of rotatable bonds is 7. The second-order valence-electron chi connectivity index (χ2n) is 6.28. The van der Waals surface area contributed by atoms with Gasteiger partial charge in [-0.2, -0.15) is 0 Å². The second-order valence-corrected chi connectivity index (χ2v) is 8.48. The molecule has 1 aliphatic rings. The number of aryl methyl sites for hydroxylation is 2. The molecule has 1 aliphatic carbocycles. The van der Waals surface area contributed by atoms with Gasteiger partial charge in [-0.05, 0) is 48.6 Å². The standard InChI is InChI=1S/C20H19N3O2S2/c1-25-17-7-3-6-16(11-17)21-19-22-23-20(27-19)26-12-18(24)15-9-8-13-4-2-5-14(13)10-15/h3,6-11H,2,4-5,12H2,1H3,(H,21,22). The van der Waals surface area contributed by atoms with Crippen molar-refractivity contribution in [3.05, 3.63) is 59.2 Å². The summed E-state index contributed by atoms with van der Waals surface area (Å²) in [5.74, 6) is 1.28. The van der Waals surface area contributed by atoms with Gasteiger partial charge in [0.15, 0.2) is 10.1 Å². The summed E-state index contributed by atoms with van der Waals surface area (Å²) in [5.41, 5.74) is 4.39. The topological polar surface area (TPSA) is 64.1 Å². The van der Waals surface area contributed by atoms with Gasteiger partial charge in [0, 0.05) is 17.3 Å². The normalized spacial score (nSPS) is 12.6. The maximum Gasteiger partial charge on any atom is 0.210 e. The number of carbonyl (C=O) groups is 1. The molecule has 4 rings (SSSR count). The van der Waals surface area contributed by atoms with E-state index in [-0.39, 0.29) is 5.78 Å². The van der Waals surface area contributed by atoms with Gasteiger partial charge < -0.3 is 10.1 Å². The van der Waals surface area contributed by atoms with E-state index in [0.29, 0.717) is 10.9 Å². The minimum Gasteiger partial charge on any atom is -0.497 e. The first-order valence-electron chi connectivity index (χ1n) is 8.73. The van der Waals surface area contributed by atoms with Crippen LogP contribution in [0.25, 0.3) is 0 Å². The molecule has 0 saturated heterocycles. The van der Waals surface area contributed by atoms with Crippen LogP contribution in [0.2, 0.25) is 0 Å². The van der Waals surface area contributed by atoms with Crippen LogP contribution in [0.5, 0.6) is 5.75 Å². The lowest BCUT2D eigenvalue weighted by atomic mass is 10.0. The van der Waals surface area contributed by atoms with Crippen molar-refractivity contribution in [1.82, 2.24) is 10.2 Å². The van der Waals surface area contributed by atoms with E-state index in [1.807, 2.05) is 30.3 Å². The molecular weight excluding hydrogens is 378 g/mol. The predicted molar refractivity (Wildman–Crippen MR) is 110 cm³/mol. The summed E-state index contributed by atoms with van der Waals surface area (Å²) in [7, 11) is 1.64. The lowest BCUT2D eigenvalue weighted by molar-refractivity contribution is 0.102. The van der Waals surface area contributed by atoms with Gasteiger partial charge in [-0.25, -0.2) is 0 Å². The van der Waals surface area contributed by atoms with Crippen molar-refractivity contribution in [1.29, 1.82) is 0 Å². The maximum atomic E-state index is 12.5. The van der Waals surface area contributed by atoms with Gasteiger partial charge in [-0.15, -0.1) is 10.2 Å². The number of hydrogen-bond donors (Lipinski definition) is 1. The number of carbonyl (C=O) groups excluding carboxylic acids is 1. The second kappa shape index (κ2) is 8.10. The molecular formula is C20H19N3O2S2. The molecule has 0 fully saturated rings. The highest BCUT2D eigenvalue weighted by Crippen LogP contribution is 2.29. The molecule has 0 spiro atoms. The zero-order valence-electron chi connectivity index (χ0n) is 14.9. The lowest BCUT2D eigenvalue weighted by Crippen LogP contribution is -2.03. The molecule has 0 aliphatic heterocycles. The Bertz CT molecular complexity index is 971. The molecule has 0 bridgehead atoms. The van der Waals surface area contributed by atoms with E-state index >= 15 is 0 Å². The number of ether oxygens (including phenoxy) is 1. The number of benzene rings is 2. The number of ketones is 1. The van der Waals surface area contributed by atoms with Gasteiger partial charge in [-0.1, -0.05) is 41.3 Å². The number of Topliss-reactive ketones (excluding diaryl/α,β-unsaturated/α-hetero) is 1. The monoisotopic (exact) mass is 397 g/mol. The van der Waals surface area contributed by atoms with E-state index < -0.39 is 0 Å². The van der Waals surface area contributed by atoms with Gasteiger partial charge in [0.25, 0.3) is 0 Å². The van der Waals surface area contributed by atoms with Crippen molar-refractivity contribution in [2.75, 3.05) is 18.2 Å². The summed E-state index contributed by atoms with van der Waals surface area (Å²) in [6.45, 7) is 0. The molecule has 2 aromatic carbocycles. The zero-order valence-corrected chi connectivity index (χ0v) is 16.5. The third-order valence-corrected chi connectivity index (χ3v) is 6.45. The van der Waals surface area contributed by atoms with E-state index in [4.69, 9.17) is 4.74 Å². The molecule has 0 unspecified atom stereocenters. The van der Waals surface area contributed by atoms with Crippen LogP contribution in [0.4, 0.5) is 10.8 Å². The molecule has 1 N–H and O–H groups in total. The van der Waals surface area contributed by atoms with Gasteiger partial charge >= 0.3 is 0 Å². The number of thioether (sulfide) groups is 1. The fraction of sp³-hybridized carbons (Fsp3) is 0.250. The van der Waals surface area contributed by atoms with Crippen LogP contribution in [0, 0.1) is 0 Å². The van der Waals surface area contributed by atoms with Crippen molar-refractivity contribution in [2.24, 2.45) is 0 Å². The molecule has 0 atom stereocenters. The fourth-order valence-electron chi connectivity index (χ4n) is 3.10. The van der Waals surface area contributed by atoms with Crippen molar-refractivity contribution in [3.8, 4) is 5.75 Å². The Morgan fingerprint density at radius 2 is 2.07 bits per heavy atom. The van der Waals surface area contributed by atoms with Crippen LogP contribution in [-0.4, -0.2) is 28.8 Å². The van der Waals surface area contributed by atoms with Gasteiger partial charge in [0.1, 0.15) is 5.75 Å². The van der Waals surface area contributed by atoms with E-state index in [0.717, 1.165) is 34.2 Å². The first kappa shape index (κ1) is 18.0. The summed E-state index contributed by atoms with van der Waals surface area (Å²) in [5, 5.41) is 12.2. The molecule has 0 radical (unpaired) electrons. The Labute approximate surface area is 166 Å². The SMILES string of the molecule is COc1cccc(Nc2nnc(SCC(=O)c3ccc4c(c3)CCC4)s2)c1. The van der Waals surface area contributed by atoms with Crippen molar-refractivity contribution < 1.29 is 9.53 Å². The quantitative estimate of drug-likeness (QED) is 0.458. The Morgan fingerprint density at radius 3 is 2.96 bits per heavy atom.